The first kappa shape index (κ1) is 29.9. The van der Waals surface area contributed by atoms with Crippen LogP contribution < -0.4 is 21.5 Å². The number of amides is 2. The van der Waals surface area contributed by atoms with Gasteiger partial charge in [-0.05, 0) is 55.3 Å². The van der Waals surface area contributed by atoms with Crippen LogP contribution in [0.25, 0.3) is 10.9 Å². The Labute approximate surface area is 251 Å². The lowest BCUT2D eigenvalue weighted by Gasteiger charge is -2.17. The fraction of sp³-hybridized carbons (Fsp3) is 0.219. The molecule has 3 N–H and O–H groups in total. The molecule has 1 unspecified atom stereocenters. The van der Waals surface area contributed by atoms with Crippen molar-refractivity contribution in [3.8, 4) is 11.8 Å². The third-order valence-corrected chi connectivity index (χ3v) is 7.22. The van der Waals surface area contributed by atoms with Crippen LogP contribution in [0.15, 0.2) is 71.2 Å². The number of anilines is 1. The molecule has 1 atom stereocenters. The Bertz CT molecular complexity index is 1960. The molecule has 0 aliphatic heterocycles. The lowest BCUT2D eigenvalue weighted by Crippen LogP contribution is -2.31. The van der Waals surface area contributed by atoms with E-state index in [-0.39, 0.29) is 30.6 Å². The minimum atomic E-state index is -1.01. The van der Waals surface area contributed by atoms with Crippen LogP contribution in [-0.2, 0) is 18.4 Å². The van der Waals surface area contributed by atoms with Crippen molar-refractivity contribution in [1.29, 1.82) is 0 Å². The van der Waals surface area contributed by atoms with Gasteiger partial charge in [0.15, 0.2) is 11.6 Å². The van der Waals surface area contributed by atoms with Crippen molar-refractivity contribution in [1.82, 2.24) is 30.0 Å². The molecule has 0 bridgehead atoms. The first-order chi connectivity index (χ1) is 21.1. The average Bonchev–Trinajstić information content (AvgIpc) is 3.23. The molecule has 0 fully saturated rings. The first-order valence-corrected chi connectivity index (χ1v) is 13.8. The molecule has 1 aliphatic carbocycles. The molecule has 2 aromatic heterocycles. The predicted octanol–water partition coefficient (Wildman–Crippen LogP) is 2.96. The molecule has 5 rings (SSSR count). The van der Waals surface area contributed by atoms with Crippen molar-refractivity contribution in [2.75, 3.05) is 18.9 Å². The maximum Gasteiger partial charge on any atom is 0.280 e. The summed E-state index contributed by atoms with van der Waals surface area (Å²) in [6.07, 6.45) is 7.93. The fourth-order valence-corrected chi connectivity index (χ4v) is 4.80. The van der Waals surface area contributed by atoms with Gasteiger partial charge in [-0.2, -0.15) is 0 Å². The number of carbonyl (C=O) groups is 2. The van der Waals surface area contributed by atoms with Crippen molar-refractivity contribution >= 4 is 28.7 Å². The largest absolute Gasteiger partial charge is 0.355 e. The van der Waals surface area contributed by atoms with Gasteiger partial charge in [0.05, 0.1) is 24.6 Å². The van der Waals surface area contributed by atoms with E-state index in [1.807, 2.05) is 24.3 Å². The fourth-order valence-electron chi connectivity index (χ4n) is 4.80. The van der Waals surface area contributed by atoms with Gasteiger partial charge in [-0.15, -0.1) is 0 Å². The van der Waals surface area contributed by atoms with Crippen LogP contribution in [0.3, 0.4) is 0 Å². The van der Waals surface area contributed by atoms with Gasteiger partial charge in [0, 0.05) is 42.5 Å². The van der Waals surface area contributed by atoms with Crippen LogP contribution in [0, 0.1) is 30.4 Å². The lowest BCUT2D eigenvalue weighted by atomic mass is 10.0. The number of rotatable bonds is 7. The van der Waals surface area contributed by atoms with E-state index in [4.69, 9.17) is 0 Å². The Kier molecular flexibility index (Phi) is 8.66. The summed E-state index contributed by atoms with van der Waals surface area (Å²) in [6, 6.07) is 8.74. The summed E-state index contributed by atoms with van der Waals surface area (Å²) in [5.41, 5.74) is 2.19. The SMILES string of the molecule is CNC(=O)C1=CC(Nc2ncc3cc(C#CCNC(=O)c4c(C)n(C)n(Cc5ccc(F)c(F)c5)c4=O)ccc3n2)CC=C1. The van der Waals surface area contributed by atoms with Gasteiger partial charge in [-0.3, -0.25) is 19.1 Å². The Morgan fingerprint density at radius 1 is 1.11 bits per heavy atom. The van der Waals surface area contributed by atoms with Crippen molar-refractivity contribution in [2.45, 2.75) is 25.9 Å². The van der Waals surface area contributed by atoms with Gasteiger partial charge in [0.25, 0.3) is 17.4 Å². The smallest absolute Gasteiger partial charge is 0.280 e. The molecule has 2 amide bonds. The number of fused-ring (bicyclic) bond motifs is 1. The number of carbonyl (C=O) groups excluding carboxylic acids is 2. The van der Waals surface area contributed by atoms with Crippen LogP contribution >= 0.6 is 0 Å². The summed E-state index contributed by atoms with van der Waals surface area (Å²) >= 11 is 0. The highest BCUT2D eigenvalue weighted by molar-refractivity contribution is 5.96. The summed E-state index contributed by atoms with van der Waals surface area (Å²) in [6.45, 7) is 1.60. The number of nitrogens with one attached hydrogen (secondary N) is 3. The van der Waals surface area contributed by atoms with Crippen LogP contribution in [0.4, 0.5) is 14.7 Å². The maximum absolute atomic E-state index is 13.6. The van der Waals surface area contributed by atoms with Gasteiger partial charge in [0.2, 0.25) is 5.95 Å². The van der Waals surface area contributed by atoms with Gasteiger partial charge in [-0.25, -0.2) is 23.4 Å². The summed E-state index contributed by atoms with van der Waals surface area (Å²) in [7, 11) is 3.20. The normalized spacial score (nSPS) is 14.0. The second-order valence-corrected chi connectivity index (χ2v) is 10.1. The highest BCUT2D eigenvalue weighted by Gasteiger charge is 2.21. The molecule has 4 aromatic rings. The zero-order valence-electron chi connectivity index (χ0n) is 24.2. The van der Waals surface area contributed by atoms with Gasteiger partial charge < -0.3 is 16.0 Å². The van der Waals surface area contributed by atoms with Crippen LogP contribution in [0.1, 0.15) is 33.6 Å². The van der Waals surface area contributed by atoms with E-state index >= 15 is 0 Å². The molecular weight excluding hydrogens is 568 g/mol. The van der Waals surface area contributed by atoms with Crippen molar-refractivity contribution in [3.05, 3.63) is 111 Å². The minimum Gasteiger partial charge on any atom is -0.355 e. The molecule has 0 saturated carbocycles. The van der Waals surface area contributed by atoms with E-state index in [0.29, 0.717) is 40.3 Å². The van der Waals surface area contributed by atoms with Gasteiger partial charge >= 0.3 is 0 Å². The van der Waals surface area contributed by atoms with Crippen LogP contribution in [0.2, 0.25) is 0 Å². The summed E-state index contributed by atoms with van der Waals surface area (Å²) in [5, 5.41) is 9.28. The molecular formula is C32H29F2N7O3. The first-order valence-electron chi connectivity index (χ1n) is 13.8. The number of hydrogen-bond acceptors (Lipinski definition) is 6. The van der Waals surface area contributed by atoms with E-state index in [1.54, 1.807) is 39.4 Å². The molecule has 1 aliphatic rings. The quantitative estimate of drug-likeness (QED) is 0.282. The Hall–Kier alpha value is -5.57. The van der Waals surface area contributed by atoms with Crippen molar-refractivity contribution < 1.29 is 18.4 Å². The lowest BCUT2D eigenvalue weighted by molar-refractivity contribution is -0.116. The highest BCUT2D eigenvalue weighted by atomic mass is 19.2. The van der Waals surface area contributed by atoms with Gasteiger partial charge in [0.1, 0.15) is 5.56 Å². The molecule has 12 heteroatoms. The zero-order valence-corrected chi connectivity index (χ0v) is 24.2. The summed E-state index contributed by atoms with van der Waals surface area (Å²) in [5.74, 6) is 3.59. The second kappa shape index (κ2) is 12.7. The van der Waals surface area contributed by atoms with Crippen molar-refractivity contribution in [2.24, 2.45) is 7.05 Å². The second-order valence-electron chi connectivity index (χ2n) is 10.1. The number of halogens is 2. The number of benzene rings is 2. The van der Waals surface area contributed by atoms with E-state index in [1.165, 1.54) is 15.4 Å². The van der Waals surface area contributed by atoms with E-state index in [9.17, 15) is 23.2 Å². The predicted molar refractivity (Wildman–Crippen MR) is 162 cm³/mol. The van der Waals surface area contributed by atoms with E-state index in [2.05, 4.69) is 37.8 Å². The molecule has 0 spiro atoms. The Balaban J connectivity index is 1.22. The van der Waals surface area contributed by atoms with E-state index < -0.39 is 23.1 Å². The third kappa shape index (κ3) is 6.42. The number of hydrogen-bond donors (Lipinski definition) is 3. The molecule has 44 heavy (non-hydrogen) atoms. The number of likely N-dealkylation sites (N-methyl/N-ethyl adjacent to an activating group) is 1. The van der Waals surface area contributed by atoms with Crippen LogP contribution in [0.5, 0.6) is 0 Å². The van der Waals surface area contributed by atoms with Crippen molar-refractivity contribution in [3.63, 3.8) is 0 Å². The topological polar surface area (TPSA) is 123 Å². The molecule has 2 aromatic carbocycles. The van der Waals surface area contributed by atoms with Gasteiger partial charge in [-0.1, -0.05) is 30.1 Å². The third-order valence-electron chi connectivity index (χ3n) is 7.22. The number of nitrogens with zero attached hydrogens (tertiary/aromatic N) is 4. The monoisotopic (exact) mass is 597 g/mol. The number of aromatic nitrogens is 4. The Morgan fingerprint density at radius 3 is 2.70 bits per heavy atom. The molecule has 0 saturated heterocycles. The molecule has 10 nitrogen and oxygen atoms in total. The van der Waals surface area contributed by atoms with Crippen LogP contribution in [-0.4, -0.2) is 50.8 Å². The standard InChI is InChI=1S/C32H29F2N7O3/c1-19-28(31(44)41(40(19)3)18-21-9-11-25(33)26(34)15-21)30(43)36-13-5-6-20-10-12-27-23(14-20)17-37-32(39-27)38-24-8-4-7-22(16-24)29(42)35-2/h4,7,9-12,14-17,24H,8,13,18H2,1-3H3,(H,35,42)(H,36,43)(H,37,38,39). The summed E-state index contributed by atoms with van der Waals surface area (Å²) < 4.78 is 29.7. The molecule has 224 valence electrons. The molecule has 0 radical (unpaired) electrons. The minimum absolute atomic E-state index is 0.00539. The van der Waals surface area contributed by atoms with E-state index in [0.717, 1.165) is 17.5 Å². The average molecular weight is 598 g/mol. The Morgan fingerprint density at radius 2 is 1.93 bits per heavy atom. The summed E-state index contributed by atoms with van der Waals surface area (Å²) in [4.78, 5) is 46.8. The maximum atomic E-state index is 13.6. The molecule has 2 heterocycles. The zero-order chi connectivity index (χ0) is 31.4. The highest BCUT2D eigenvalue weighted by Crippen LogP contribution is 2.18.